The molecule has 1 saturated carbocycles. The largest absolute Gasteiger partial charge is 0.508 e. The second-order valence-electron chi connectivity index (χ2n) is 9.77. The summed E-state index contributed by atoms with van der Waals surface area (Å²) in [6.07, 6.45) is 9.80. The van der Waals surface area contributed by atoms with Crippen LogP contribution in [0.1, 0.15) is 80.1 Å². The molecule has 2 aromatic rings. The summed E-state index contributed by atoms with van der Waals surface area (Å²) >= 11 is 0. The number of likely N-dealkylation sites (tertiary alicyclic amines) is 1. The van der Waals surface area contributed by atoms with Crippen molar-refractivity contribution in [3.63, 3.8) is 0 Å². The first kappa shape index (κ1) is 21.4. The maximum Gasteiger partial charge on any atom is 0.228 e. The summed E-state index contributed by atoms with van der Waals surface area (Å²) in [5, 5.41) is 9.59. The number of nitrogens with zero attached hydrogens (tertiary/aromatic N) is 4. The van der Waals surface area contributed by atoms with E-state index in [4.69, 9.17) is 9.97 Å². The second-order valence-corrected chi connectivity index (χ2v) is 9.77. The molecule has 32 heavy (non-hydrogen) atoms. The molecule has 1 aromatic carbocycles. The third kappa shape index (κ3) is 4.38. The maximum absolute atomic E-state index is 12.9. The van der Waals surface area contributed by atoms with Gasteiger partial charge >= 0.3 is 0 Å². The molecule has 0 bridgehead atoms. The van der Waals surface area contributed by atoms with Gasteiger partial charge in [0.05, 0.1) is 6.04 Å². The molecule has 0 radical (unpaired) electrons. The Kier molecular flexibility index (Phi) is 6.13. The van der Waals surface area contributed by atoms with Crippen LogP contribution in [0.15, 0.2) is 24.3 Å². The predicted octanol–water partition coefficient (Wildman–Crippen LogP) is 4.69. The molecule has 1 aliphatic carbocycles. The molecule has 3 heterocycles. The molecule has 1 aromatic heterocycles. The number of hydrogen-bond acceptors (Lipinski definition) is 5. The van der Waals surface area contributed by atoms with Crippen molar-refractivity contribution in [2.75, 3.05) is 18.0 Å². The van der Waals surface area contributed by atoms with Gasteiger partial charge in [0.15, 0.2) is 0 Å². The molecule has 2 aliphatic heterocycles. The van der Waals surface area contributed by atoms with Crippen molar-refractivity contribution in [2.24, 2.45) is 5.92 Å². The van der Waals surface area contributed by atoms with Gasteiger partial charge in [0.2, 0.25) is 5.91 Å². The maximum atomic E-state index is 12.9. The van der Waals surface area contributed by atoms with Crippen LogP contribution in [-0.2, 0) is 17.8 Å². The van der Waals surface area contributed by atoms with Crippen LogP contribution in [0, 0.1) is 12.8 Å². The predicted molar refractivity (Wildman–Crippen MR) is 125 cm³/mol. The van der Waals surface area contributed by atoms with Gasteiger partial charge in [-0.25, -0.2) is 9.97 Å². The van der Waals surface area contributed by atoms with Crippen LogP contribution in [0.5, 0.6) is 5.75 Å². The van der Waals surface area contributed by atoms with Crippen molar-refractivity contribution in [3.05, 3.63) is 46.9 Å². The number of carbonyl (C=O) groups is 1. The van der Waals surface area contributed by atoms with E-state index in [1.807, 2.05) is 17.0 Å². The van der Waals surface area contributed by atoms with Gasteiger partial charge in [0, 0.05) is 30.8 Å². The van der Waals surface area contributed by atoms with Crippen LogP contribution in [0.4, 0.5) is 5.82 Å². The monoisotopic (exact) mass is 434 g/mol. The first-order chi connectivity index (χ1) is 15.6. The normalized spacial score (nSPS) is 22.3. The van der Waals surface area contributed by atoms with E-state index in [0.29, 0.717) is 18.1 Å². The third-order valence-electron chi connectivity index (χ3n) is 7.50. The molecule has 6 heteroatoms. The molecule has 6 nitrogen and oxygen atoms in total. The van der Waals surface area contributed by atoms with E-state index in [9.17, 15) is 9.90 Å². The number of carbonyl (C=O) groups excluding carboxylic acids is 1. The molecule has 170 valence electrons. The molecule has 0 unspecified atom stereocenters. The van der Waals surface area contributed by atoms with E-state index < -0.39 is 0 Å². The van der Waals surface area contributed by atoms with E-state index in [1.54, 1.807) is 12.1 Å². The van der Waals surface area contributed by atoms with Gasteiger partial charge in [-0.05, 0) is 69.2 Å². The highest BCUT2D eigenvalue weighted by Crippen LogP contribution is 2.36. The number of hydrogen-bond donors (Lipinski definition) is 1. The summed E-state index contributed by atoms with van der Waals surface area (Å²) in [5.74, 6) is 2.85. The van der Waals surface area contributed by atoms with Crippen LogP contribution >= 0.6 is 0 Å². The zero-order valence-electron chi connectivity index (χ0n) is 19.1. The van der Waals surface area contributed by atoms with Gasteiger partial charge in [0.25, 0.3) is 0 Å². The summed E-state index contributed by atoms with van der Waals surface area (Å²) in [5.41, 5.74) is 3.37. The minimum atomic E-state index is 0.168. The number of fused-ring (bicyclic) bond motifs is 1. The minimum absolute atomic E-state index is 0.168. The Labute approximate surface area is 190 Å². The standard InChI is InChI=1S/C26H34N4O2/c1-18-22-13-14-24(32)30(17-19-6-3-2-4-7-19)26(22)28-25(27-18)23-8-5-15-29(23)16-20-9-11-21(31)12-10-20/h9-12,19,23,31H,2-8,13-17H2,1H3/t23-/m1/s1. The Hall–Kier alpha value is -2.47. The van der Waals surface area contributed by atoms with Gasteiger partial charge in [-0.1, -0.05) is 31.4 Å². The van der Waals surface area contributed by atoms with E-state index >= 15 is 0 Å². The van der Waals surface area contributed by atoms with E-state index in [0.717, 1.165) is 61.8 Å². The van der Waals surface area contributed by atoms with Crippen LogP contribution in [-0.4, -0.2) is 39.0 Å². The van der Waals surface area contributed by atoms with Crippen molar-refractivity contribution in [2.45, 2.75) is 77.3 Å². The third-order valence-corrected chi connectivity index (χ3v) is 7.50. The number of phenolic OH excluding ortho intramolecular Hbond substituents is 1. The summed E-state index contributed by atoms with van der Waals surface area (Å²) in [6, 6.07) is 7.62. The van der Waals surface area contributed by atoms with Crippen LogP contribution in [0.2, 0.25) is 0 Å². The highest BCUT2D eigenvalue weighted by atomic mass is 16.3. The quantitative estimate of drug-likeness (QED) is 0.739. The zero-order valence-corrected chi connectivity index (χ0v) is 19.1. The number of aromatic nitrogens is 2. The fourth-order valence-corrected chi connectivity index (χ4v) is 5.71. The summed E-state index contributed by atoms with van der Waals surface area (Å²) in [4.78, 5) is 27.4. The van der Waals surface area contributed by atoms with Crippen LogP contribution < -0.4 is 4.90 Å². The lowest BCUT2D eigenvalue weighted by Gasteiger charge is -2.34. The number of aromatic hydroxyl groups is 1. The summed E-state index contributed by atoms with van der Waals surface area (Å²) in [7, 11) is 0. The van der Waals surface area contributed by atoms with Crippen molar-refractivity contribution in [1.82, 2.24) is 14.9 Å². The lowest BCUT2D eigenvalue weighted by Crippen LogP contribution is -2.40. The molecule has 1 atom stereocenters. The van der Waals surface area contributed by atoms with Gasteiger partial charge in [-0.3, -0.25) is 14.6 Å². The highest BCUT2D eigenvalue weighted by molar-refractivity contribution is 5.95. The van der Waals surface area contributed by atoms with E-state index in [-0.39, 0.29) is 11.9 Å². The summed E-state index contributed by atoms with van der Waals surface area (Å²) in [6.45, 7) is 4.71. The van der Waals surface area contributed by atoms with Gasteiger partial charge in [-0.15, -0.1) is 0 Å². The lowest BCUT2D eigenvalue weighted by molar-refractivity contribution is -0.119. The fourth-order valence-electron chi connectivity index (χ4n) is 5.71. The van der Waals surface area contributed by atoms with Crippen molar-refractivity contribution >= 4 is 11.7 Å². The average Bonchev–Trinajstić information content (AvgIpc) is 3.26. The lowest BCUT2D eigenvalue weighted by atomic mass is 9.88. The first-order valence-electron chi connectivity index (χ1n) is 12.3. The molecule has 3 aliphatic rings. The smallest absolute Gasteiger partial charge is 0.228 e. The van der Waals surface area contributed by atoms with Gasteiger partial charge in [-0.2, -0.15) is 0 Å². The molecule has 1 amide bonds. The second kappa shape index (κ2) is 9.18. The Bertz CT molecular complexity index is 969. The van der Waals surface area contributed by atoms with Crippen molar-refractivity contribution in [3.8, 4) is 5.75 Å². The average molecular weight is 435 g/mol. The summed E-state index contributed by atoms with van der Waals surface area (Å²) < 4.78 is 0. The molecule has 1 saturated heterocycles. The topological polar surface area (TPSA) is 69.6 Å². The van der Waals surface area contributed by atoms with Crippen LogP contribution in [0.3, 0.4) is 0 Å². The Morgan fingerprint density at radius 3 is 2.56 bits per heavy atom. The molecule has 1 N–H and O–H groups in total. The number of benzene rings is 1. The van der Waals surface area contributed by atoms with Crippen molar-refractivity contribution < 1.29 is 9.90 Å². The van der Waals surface area contributed by atoms with E-state index in [1.165, 1.54) is 37.7 Å². The Balaban J connectivity index is 1.41. The number of aryl methyl sites for hydroxylation is 1. The number of phenols is 1. The molecule has 0 spiro atoms. The van der Waals surface area contributed by atoms with Crippen molar-refractivity contribution in [1.29, 1.82) is 0 Å². The first-order valence-corrected chi connectivity index (χ1v) is 12.3. The Morgan fingerprint density at radius 1 is 1.00 bits per heavy atom. The molecular weight excluding hydrogens is 400 g/mol. The van der Waals surface area contributed by atoms with E-state index in [2.05, 4.69) is 11.8 Å². The van der Waals surface area contributed by atoms with Gasteiger partial charge < -0.3 is 5.11 Å². The number of rotatable bonds is 5. The SMILES string of the molecule is Cc1nc([C@H]2CCCN2Cc2ccc(O)cc2)nc2c1CCC(=O)N2CC1CCCCC1. The Morgan fingerprint density at radius 2 is 1.78 bits per heavy atom. The molecular formula is C26H34N4O2. The zero-order chi connectivity index (χ0) is 22.1. The number of amides is 1. The highest BCUT2D eigenvalue weighted by Gasteiger charge is 2.34. The van der Waals surface area contributed by atoms with Crippen LogP contribution in [0.25, 0.3) is 0 Å². The fraction of sp³-hybridized carbons (Fsp3) is 0.577. The molecule has 2 fully saturated rings. The number of anilines is 1. The minimum Gasteiger partial charge on any atom is -0.508 e. The van der Waals surface area contributed by atoms with Gasteiger partial charge in [0.1, 0.15) is 17.4 Å². The molecule has 5 rings (SSSR count).